The molecule has 1 aliphatic rings. The summed E-state index contributed by atoms with van der Waals surface area (Å²) >= 11 is 11.4. The van der Waals surface area contributed by atoms with Crippen LogP contribution in [-0.2, 0) is 4.79 Å². The highest BCUT2D eigenvalue weighted by atomic mass is 35.5. The molecule has 0 unspecified atom stereocenters. The Hall–Kier alpha value is -0.990. The van der Waals surface area contributed by atoms with E-state index in [2.05, 4.69) is 5.32 Å². The second-order valence-corrected chi connectivity index (χ2v) is 6.64. The van der Waals surface area contributed by atoms with Crippen LogP contribution in [0, 0.1) is 24.2 Å². The normalized spacial score (nSPS) is 23.6. The summed E-state index contributed by atoms with van der Waals surface area (Å²) in [6.07, 6.45) is 1.75. The van der Waals surface area contributed by atoms with Crippen LogP contribution in [0.25, 0.3) is 0 Å². The lowest BCUT2D eigenvalue weighted by Gasteiger charge is -2.06. The molecular formula is C15H17Cl2NO. The van der Waals surface area contributed by atoms with E-state index in [1.807, 2.05) is 45.0 Å². The number of allylic oxidation sites excluding steroid dienone is 1. The van der Waals surface area contributed by atoms with Crippen molar-refractivity contribution in [2.75, 3.05) is 5.32 Å². The molecule has 0 aliphatic heterocycles. The summed E-state index contributed by atoms with van der Waals surface area (Å²) in [6, 6.07) is 7.76. The average Bonchev–Trinajstić information content (AvgIpc) is 2.83. The van der Waals surface area contributed by atoms with Gasteiger partial charge in [0.15, 0.2) is 0 Å². The van der Waals surface area contributed by atoms with Crippen molar-refractivity contribution >= 4 is 34.8 Å². The molecule has 4 heteroatoms. The number of carbonyl (C=O) groups is 1. The van der Waals surface area contributed by atoms with Gasteiger partial charge in [0.25, 0.3) is 0 Å². The molecule has 2 rings (SSSR count). The molecule has 0 saturated heterocycles. The summed E-state index contributed by atoms with van der Waals surface area (Å²) < 4.78 is 0.226. The van der Waals surface area contributed by atoms with Gasteiger partial charge in [0.2, 0.25) is 5.91 Å². The minimum atomic E-state index is -0.0934. The van der Waals surface area contributed by atoms with E-state index in [1.165, 1.54) is 5.56 Å². The monoisotopic (exact) mass is 297 g/mol. The van der Waals surface area contributed by atoms with Gasteiger partial charge in [-0.15, -0.1) is 0 Å². The van der Waals surface area contributed by atoms with Crippen LogP contribution in [0.1, 0.15) is 19.4 Å². The first kappa shape index (κ1) is 14.4. The van der Waals surface area contributed by atoms with Crippen LogP contribution in [0.2, 0.25) is 0 Å². The Kier molecular flexibility index (Phi) is 3.93. The van der Waals surface area contributed by atoms with Crippen molar-refractivity contribution in [3.05, 3.63) is 40.4 Å². The number of halogens is 2. The minimum absolute atomic E-state index is 0.0182. The Balaban J connectivity index is 2.05. The second-order valence-electron chi connectivity index (χ2n) is 5.64. The van der Waals surface area contributed by atoms with E-state index in [1.54, 1.807) is 6.08 Å². The van der Waals surface area contributed by atoms with E-state index in [4.69, 9.17) is 23.2 Å². The Morgan fingerprint density at radius 3 is 2.37 bits per heavy atom. The van der Waals surface area contributed by atoms with Crippen LogP contribution in [0.5, 0.6) is 0 Å². The molecule has 0 bridgehead atoms. The van der Waals surface area contributed by atoms with Crippen molar-refractivity contribution in [2.24, 2.45) is 17.3 Å². The quantitative estimate of drug-likeness (QED) is 0.873. The van der Waals surface area contributed by atoms with E-state index in [-0.39, 0.29) is 27.6 Å². The lowest BCUT2D eigenvalue weighted by Crippen LogP contribution is -2.16. The fourth-order valence-electron chi connectivity index (χ4n) is 2.48. The molecule has 0 spiro atoms. The predicted molar refractivity (Wildman–Crippen MR) is 80.4 cm³/mol. The summed E-state index contributed by atoms with van der Waals surface area (Å²) in [5.74, 6) is 0.0361. The first-order valence-electron chi connectivity index (χ1n) is 6.22. The summed E-state index contributed by atoms with van der Waals surface area (Å²) in [6.45, 7) is 6.10. The van der Waals surface area contributed by atoms with Crippen molar-refractivity contribution < 1.29 is 4.79 Å². The summed E-state index contributed by atoms with van der Waals surface area (Å²) in [5, 5.41) is 2.94. The largest absolute Gasteiger partial charge is 0.326 e. The van der Waals surface area contributed by atoms with Crippen LogP contribution >= 0.6 is 23.2 Å². The third kappa shape index (κ3) is 3.13. The lowest BCUT2D eigenvalue weighted by atomic mass is 10.1. The number of carbonyl (C=O) groups excluding carboxylic acids is 1. The molecule has 1 aliphatic carbocycles. The number of hydrogen-bond acceptors (Lipinski definition) is 1. The Morgan fingerprint density at radius 2 is 1.84 bits per heavy atom. The molecule has 0 radical (unpaired) electrons. The van der Waals surface area contributed by atoms with Gasteiger partial charge in [-0.25, -0.2) is 0 Å². The molecule has 0 aromatic heterocycles. The molecule has 1 saturated carbocycles. The van der Waals surface area contributed by atoms with Gasteiger partial charge < -0.3 is 5.32 Å². The first-order chi connectivity index (χ1) is 8.82. The number of rotatable bonds is 3. The molecule has 2 nitrogen and oxygen atoms in total. The Bertz CT molecular complexity index is 515. The lowest BCUT2D eigenvalue weighted by molar-refractivity contribution is -0.118. The Labute approximate surface area is 123 Å². The maximum absolute atomic E-state index is 12.2. The number of anilines is 1. The van der Waals surface area contributed by atoms with Gasteiger partial charge in [-0.2, -0.15) is 0 Å². The molecule has 1 aromatic rings. The second kappa shape index (κ2) is 5.18. The van der Waals surface area contributed by atoms with Crippen molar-refractivity contribution in [1.82, 2.24) is 0 Å². The first-order valence-corrected chi connectivity index (χ1v) is 6.98. The van der Waals surface area contributed by atoms with Crippen LogP contribution in [0.4, 0.5) is 5.69 Å². The Morgan fingerprint density at radius 1 is 1.26 bits per heavy atom. The maximum Gasteiger partial charge on any atom is 0.228 e. The third-order valence-corrected chi connectivity index (χ3v) is 4.07. The van der Waals surface area contributed by atoms with Crippen LogP contribution in [-0.4, -0.2) is 5.91 Å². The number of nitrogens with one attached hydrogen (secondary N) is 1. The molecule has 19 heavy (non-hydrogen) atoms. The zero-order chi connectivity index (χ0) is 14.2. The van der Waals surface area contributed by atoms with Gasteiger partial charge in [0.1, 0.15) is 4.49 Å². The highest BCUT2D eigenvalue weighted by molar-refractivity contribution is 6.55. The molecule has 1 N–H and O–H groups in total. The van der Waals surface area contributed by atoms with E-state index in [9.17, 15) is 4.79 Å². The van der Waals surface area contributed by atoms with E-state index in [0.717, 1.165) is 5.69 Å². The number of aryl methyl sites for hydroxylation is 1. The van der Waals surface area contributed by atoms with Crippen molar-refractivity contribution in [3.8, 4) is 0 Å². The van der Waals surface area contributed by atoms with Gasteiger partial charge in [-0.3, -0.25) is 4.79 Å². The van der Waals surface area contributed by atoms with Gasteiger partial charge in [0.05, 0.1) is 5.92 Å². The minimum Gasteiger partial charge on any atom is -0.326 e. The highest BCUT2D eigenvalue weighted by Crippen LogP contribution is 2.59. The van der Waals surface area contributed by atoms with Crippen molar-refractivity contribution in [2.45, 2.75) is 20.8 Å². The van der Waals surface area contributed by atoms with Gasteiger partial charge in [-0.1, -0.05) is 54.7 Å². The number of amides is 1. The maximum atomic E-state index is 12.2. The molecule has 1 fully saturated rings. The number of benzene rings is 1. The van der Waals surface area contributed by atoms with Gasteiger partial charge in [-0.05, 0) is 36.5 Å². The van der Waals surface area contributed by atoms with Crippen molar-refractivity contribution in [3.63, 3.8) is 0 Å². The highest BCUT2D eigenvalue weighted by Gasteiger charge is 2.60. The molecule has 102 valence electrons. The zero-order valence-electron chi connectivity index (χ0n) is 11.2. The molecule has 1 aromatic carbocycles. The van der Waals surface area contributed by atoms with Crippen molar-refractivity contribution in [1.29, 1.82) is 0 Å². The van der Waals surface area contributed by atoms with E-state index >= 15 is 0 Å². The van der Waals surface area contributed by atoms with E-state index < -0.39 is 0 Å². The van der Waals surface area contributed by atoms with Gasteiger partial charge in [0, 0.05) is 5.69 Å². The fraction of sp³-hybridized carbons (Fsp3) is 0.400. The number of hydrogen-bond donors (Lipinski definition) is 1. The van der Waals surface area contributed by atoms with Gasteiger partial charge >= 0.3 is 0 Å². The average molecular weight is 298 g/mol. The fourth-order valence-corrected chi connectivity index (χ4v) is 2.75. The molecule has 2 atom stereocenters. The zero-order valence-corrected chi connectivity index (χ0v) is 12.7. The van der Waals surface area contributed by atoms with E-state index in [0.29, 0.717) is 0 Å². The molecular weight excluding hydrogens is 281 g/mol. The summed E-state index contributed by atoms with van der Waals surface area (Å²) in [7, 11) is 0. The standard InChI is InChI=1S/C15H17Cl2NO/c1-9-4-6-10(7-5-9)18-14(19)13-11(8-12(16)17)15(13,2)3/h4-8,11,13H,1-3H3,(H,18,19)/t11-,13+/m0/s1. The van der Waals surface area contributed by atoms with Crippen LogP contribution in [0.15, 0.2) is 34.8 Å². The SMILES string of the molecule is Cc1ccc(NC(=O)[C@H]2[C@H](C=C(Cl)Cl)C2(C)C)cc1. The van der Waals surface area contributed by atoms with Crippen LogP contribution in [0.3, 0.4) is 0 Å². The topological polar surface area (TPSA) is 29.1 Å². The predicted octanol–water partition coefficient (Wildman–Crippen LogP) is 4.52. The van der Waals surface area contributed by atoms with Crippen LogP contribution < -0.4 is 5.32 Å². The third-order valence-electron chi connectivity index (χ3n) is 3.82. The summed E-state index contributed by atoms with van der Waals surface area (Å²) in [4.78, 5) is 12.2. The molecule has 1 amide bonds. The smallest absolute Gasteiger partial charge is 0.228 e. The summed E-state index contributed by atoms with van der Waals surface area (Å²) in [5.41, 5.74) is 1.89. The molecule has 0 heterocycles.